The monoisotopic (exact) mass is 328 g/mol. The highest BCUT2D eigenvalue weighted by Gasteiger charge is 2.10. The number of hydrogen-bond donors (Lipinski definition) is 3. The van der Waals surface area contributed by atoms with Gasteiger partial charge in [-0.2, -0.15) is 0 Å². The van der Waals surface area contributed by atoms with Gasteiger partial charge in [0, 0.05) is 24.3 Å². The van der Waals surface area contributed by atoms with Gasteiger partial charge in [0.1, 0.15) is 12.4 Å². The lowest BCUT2D eigenvalue weighted by molar-refractivity contribution is 0.0944. The van der Waals surface area contributed by atoms with Crippen molar-refractivity contribution in [2.75, 3.05) is 31.6 Å². The minimum Gasteiger partial charge on any atom is -0.492 e. The molecule has 0 unspecified atom stereocenters. The molecule has 0 spiro atoms. The number of nitrogens with one attached hydrogen (secondary N) is 2. The lowest BCUT2D eigenvalue weighted by Crippen LogP contribution is -2.27. The Balaban J connectivity index is 1.89. The van der Waals surface area contributed by atoms with Crippen LogP contribution in [0.5, 0.6) is 5.75 Å². The van der Waals surface area contributed by atoms with E-state index in [9.17, 15) is 4.79 Å². The Labute approximate surface area is 142 Å². The van der Waals surface area contributed by atoms with Gasteiger partial charge in [-0.15, -0.1) is 0 Å². The van der Waals surface area contributed by atoms with Gasteiger partial charge in [-0.1, -0.05) is 18.2 Å². The zero-order valence-electron chi connectivity index (χ0n) is 14.1. The molecule has 0 aliphatic rings. The van der Waals surface area contributed by atoms with Crippen molar-refractivity contribution in [1.29, 1.82) is 0 Å². The molecule has 0 aliphatic carbocycles. The summed E-state index contributed by atoms with van der Waals surface area (Å²) in [7, 11) is 0. The summed E-state index contributed by atoms with van der Waals surface area (Å²) in [4.78, 5) is 12.0. The number of carbonyl (C=O) groups excluding carboxylic acids is 1. The number of carbonyl (C=O) groups is 1. The number of amides is 1. The molecule has 5 nitrogen and oxygen atoms in total. The molecule has 0 bridgehead atoms. The molecule has 0 heterocycles. The normalized spacial score (nSPS) is 10.3. The average Bonchev–Trinajstić information content (AvgIpc) is 2.58. The van der Waals surface area contributed by atoms with Crippen LogP contribution in [0, 0.1) is 13.8 Å². The second kappa shape index (κ2) is 8.93. The Morgan fingerprint density at radius 1 is 1.12 bits per heavy atom. The van der Waals surface area contributed by atoms with Crippen LogP contribution in [0.2, 0.25) is 0 Å². The van der Waals surface area contributed by atoms with E-state index in [1.807, 2.05) is 50.2 Å². The van der Waals surface area contributed by atoms with E-state index in [0.717, 1.165) is 22.6 Å². The smallest absolute Gasteiger partial charge is 0.251 e. The van der Waals surface area contributed by atoms with Gasteiger partial charge in [-0.3, -0.25) is 4.79 Å². The largest absolute Gasteiger partial charge is 0.492 e. The van der Waals surface area contributed by atoms with Gasteiger partial charge in [0.15, 0.2) is 0 Å². The first-order valence-corrected chi connectivity index (χ1v) is 8.04. The molecule has 0 radical (unpaired) electrons. The van der Waals surface area contributed by atoms with Gasteiger partial charge >= 0.3 is 0 Å². The third kappa shape index (κ3) is 4.99. The fraction of sp³-hybridized carbons (Fsp3) is 0.316. The molecule has 0 saturated carbocycles. The lowest BCUT2D eigenvalue weighted by Gasteiger charge is -2.14. The van der Waals surface area contributed by atoms with Crippen LogP contribution in [0.1, 0.15) is 21.5 Å². The summed E-state index contributed by atoms with van der Waals surface area (Å²) < 4.78 is 5.71. The average molecular weight is 328 g/mol. The van der Waals surface area contributed by atoms with E-state index in [1.165, 1.54) is 0 Å². The third-order valence-electron chi connectivity index (χ3n) is 3.65. The molecular weight excluding hydrogens is 304 g/mol. The molecule has 2 aromatic carbocycles. The Hall–Kier alpha value is -2.53. The van der Waals surface area contributed by atoms with Gasteiger partial charge in [0.25, 0.3) is 5.91 Å². The van der Waals surface area contributed by atoms with Crippen LogP contribution in [-0.2, 0) is 0 Å². The minimum atomic E-state index is -0.179. The lowest BCUT2D eigenvalue weighted by atomic mass is 10.1. The van der Waals surface area contributed by atoms with Gasteiger partial charge in [-0.05, 0) is 49.2 Å². The molecule has 2 aromatic rings. The van der Waals surface area contributed by atoms with Crippen LogP contribution in [0.15, 0.2) is 42.5 Å². The number of ether oxygens (including phenoxy) is 1. The maximum absolute atomic E-state index is 12.0. The number of hydrogen-bond acceptors (Lipinski definition) is 4. The van der Waals surface area contributed by atoms with E-state index < -0.39 is 0 Å². The minimum absolute atomic E-state index is 0.0704. The van der Waals surface area contributed by atoms with Crippen molar-refractivity contribution in [2.45, 2.75) is 13.8 Å². The molecule has 0 atom stereocenters. The number of benzene rings is 2. The summed E-state index contributed by atoms with van der Waals surface area (Å²) >= 11 is 0. The molecule has 0 aliphatic heterocycles. The van der Waals surface area contributed by atoms with Crippen molar-refractivity contribution in [2.24, 2.45) is 0 Å². The van der Waals surface area contributed by atoms with Crippen LogP contribution in [0.3, 0.4) is 0 Å². The summed E-state index contributed by atoms with van der Waals surface area (Å²) in [6.07, 6.45) is 0. The Morgan fingerprint density at radius 2 is 1.92 bits per heavy atom. The zero-order chi connectivity index (χ0) is 17.4. The van der Waals surface area contributed by atoms with Crippen molar-refractivity contribution < 1.29 is 14.6 Å². The highest BCUT2D eigenvalue weighted by Crippen LogP contribution is 2.19. The second-order valence-electron chi connectivity index (χ2n) is 5.55. The van der Waals surface area contributed by atoms with Gasteiger partial charge in [-0.25, -0.2) is 0 Å². The van der Waals surface area contributed by atoms with Gasteiger partial charge in [0.05, 0.1) is 6.61 Å². The van der Waals surface area contributed by atoms with E-state index in [0.29, 0.717) is 18.7 Å². The first-order chi connectivity index (χ1) is 11.6. The molecule has 1 amide bonds. The second-order valence-corrected chi connectivity index (χ2v) is 5.55. The molecule has 5 heteroatoms. The molecule has 0 saturated heterocycles. The summed E-state index contributed by atoms with van der Waals surface area (Å²) in [6.45, 7) is 5.28. The molecule has 24 heavy (non-hydrogen) atoms. The van der Waals surface area contributed by atoms with Gasteiger partial charge < -0.3 is 20.5 Å². The van der Waals surface area contributed by atoms with E-state index >= 15 is 0 Å². The third-order valence-corrected chi connectivity index (χ3v) is 3.65. The SMILES string of the molecule is Cc1cccc(OCCNc2cccc(C(=O)NCCO)c2C)c1. The fourth-order valence-corrected chi connectivity index (χ4v) is 2.40. The molecule has 0 fully saturated rings. The van der Waals surface area contributed by atoms with Crippen LogP contribution >= 0.6 is 0 Å². The highest BCUT2D eigenvalue weighted by atomic mass is 16.5. The van der Waals surface area contributed by atoms with Crippen LogP contribution in [0.4, 0.5) is 5.69 Å². The standard InChI is InChI=1S/C19H24N2O3/c1-14-5-3-6-16(13-14)24-12-10-20-18-8-4-7-17(15(18)2)19(23)21-9-11-22/h3-8,13,20,22H,9-12H2,1-2H3,(H,21,23). The molecule has 0 aromatic heterocycles. The van der Waals surface area contributed by atoms with Crippen molar-refractivity contribution in [3.63, 3.8) is 0 Å². The van der Waals surface area contributed by atoms with Crippen molar-refractivity contribution in [3.05, 3.63) is 59.2 Å². The maximum Gasteiger partial charge on any atom is 0.251 e. The first kappa shape index (κ1) is 17.8. The van der Waals surface area contributed by atoms with Gasteiger partial charge in [0.2, 0.25) is 0 Å². The van der Waals surface area contributed by atoms with E-state index in [-0.39, 0.29) is 19.1 Å². The Kier molecular flexibility index (Phi) is 6.63. The number of aryl methyl sites for hydroxylation is 1. The number of anilines is 1. The topological polar surface area (TPSA) is 70.6 Å². The maximum atomic E-state index is 12.0. The van der Waals surface area contributed by atoms with Crippen LogP contribution < -0.4 is 15.4 Å². The molecule has 2 rings (SSSR count). The summed E-state index contributed by atoms with van der Waals surface area (Å²) in [6, 6.07) is 13.5. The molecular formula is C19H24N2O3. The zero-order valence-corrected chi connectivity index (χ0v) is 14.1. The van der Waals surface area contributed by atoms with Crippen molar-refractivity contribution >= 4 is 11.6 Å². The van der Waals surface area contributed by atoms with E-state index in [2.05, 4.69) is 10.6 Å². The van der Waals surface area contributed by atoms with Crippen LogP contribution in [-0.4, -0.2) is 37.3 Å². The quantitative estimate of drug-likeness (QED) is 0.651. The predicted octanol–water partition coefficient (Wildman–Crippen LogP) is 2.52. The van der Waals surface area contributed by atoms with Crippen molar-refractivity contribution in [1.82, 2.24) is 5.32 Å². The Morgan fingerprint density at radius 3 is 2.67 bits per heavy atom. The number of rotatable bonds is 8. The summed E-state index contributed by atoms with van der Waals surface area (Å²) in [5.74, 6) is 0.673. The van der Waals surface area contributed by atoms with Crippen molar-refractivity contribution in [3.8, 4) is 5.75 Å². The first-order valence-electron chi connectivity index (χ1n) is 8.04. The van der Waals surface area contributed by atoms with Crippen LogP contribution in [0.25, 0.3) is 0 Å². The number of aliphatic hydroxyl groups is 1. The predicted molar refractivity (Wildman–Crippen MR) is 95.8 cm³/mol. The summed E-state index contributed by atoms with van der Waals surface area (Å²) in [5.41, 5.74) is 3.55. The molecule has 128 valence electrons. The summed E-state index contributed by atoms with van der Waals surface area (Å²) in [5, 5.41) is 14.8. The molecule has 3 N–H and O–H groups in total. The van der Waals surface area contributed by atoms with E-state index in [1.54, 1.807) is 6.07 Å². The highest BCUT2D eigenvalue weighted by molar-refractivity contribution is 5.97. The van der Waals surface area contributed by atoms with E-state index in [4.69, 9.17) is 9.84 Å². The number of aliphatic hydroxyl groups excluding tert-OH is 1. The fourth-order valence-electron chi connectivity index (χ4n) is 2.40. The Bertz CT molecular complexity index is 686.